The molecule has 78 valence electrons. The Morgan fingerprint density at radius 2 is 1.64 bits per heavy atom. The molecule has 0 saturated carbocycles. The lowest BCUT2D eigenvalue weighted by atomic mass is 9.83. The quantitative estimate of drug-likeness (QED) is 0.758. The fraction of sp³-hybridized carbons (Fsp3) is 0.500. The van der Waals surface area contributed by atoms with Crippen LogP contribution < -0.4 is 0 Å². The molecule has 0 aliphatic heterocycles. The summed E-state index contributed by atoms with van der Waals surface area (Å²) >= 11 is 0. The summed E-state index contributed by atoms with van der Waals surface area (Å²) in [5, 5.41) is 19.0. The van der Waals surface area contributed by atoms with Gasteiger partial charge in [0.2, 0.25) is 0 Å². The summed E-state index contributed by atoms with van der Waals surface area (Å²) < 4.78 is 0. The van der Waals surface area contributed by atoms with E-state index >= 15 is 0 Å². The van der Waals surface area contributed by atoms with Crippen LogP contribution in [-0.2, 0) is 5.41 Å². The van der Waals surface area contributed by atoms with E-state index in [1.165, 1.54) is 0 Å². The highest BCUT2D eigenvalue weighted by atomic mass is 16.3. The Morgan fingerprint density at radius 1 is 1.14 bits per heavy atom. The van der Waals surface area contributed by atoms with Crippen molar-refractivity contribution in [3.63, 3.8) is 0 Å². The highest BCUT2D eigenvalue weighted by Gasteiger charge is 2.23. The average Bonchev–Trinajstić information content (AvgIpc) is 2.11. The molecule has 1 aromatic rings. The first-order valence-corrected chi connectivity index (χ1v) is 4.80. The SMILES string of the molecule is Cc1cc(O)c(C(C)(C)CO)cc1C. The van der Waals surface area contributed by atoms with Crippen LogP contribution in [0.25, 0.3) is 0 Å². The normalized spacial score (nSPS) is 11.8. The maximum Gasteiger partial charge on any atom is 0.119 e. The Morgan fingerprint density at radius 3 is 2.14 bits per heavy atom. The summed E-state index contributed by atoms with van der Waals surface area (Å²) in [7, 11) is 0. The first kappa shape index (κ1) is 11.1. The molecule has 0 spiro atoms. The zero-order chi connectivity index (χ0) is 10.9. The molecule has 0 unspecified atom stereocenters. The van der Waals surface area contributed by atoms with Gasteiger partial charge in [0.1, 0.15) is 5.75 Å². The van der Waals surface area contributed by atoms with Crippen molar-refractivity contribution in [3.8, 4) is 5.75 Å². The summed E-state index contributed by atoms with van der Waals surface area (Å²) in [5.74, 6) is 0.271. The molecule has 0 radical (unpaired) electrons. The van der Waals surface area contributed by atoms with Crippen LogP contribution >= 0.6 is 0 Å². The smallest absolute Gasteiger partial charge is 0.119 e. The zero-order valence-corrected chi connectivity index (χ0v) is 9.26. The lowest BCUT2D eigenvalue weighted by molar-refractivity contribution is 0.215. The van der Waals surface area contributed by atoms with E-state index < -0.39 is 0 Å². The third kappa shape index (κ3) is 1.90. The molecule has 0 aromatic heterocycles. The van der Waals surface area contributed by atoms with Crippen molar-refractivity contribution in [2.45, 2.75) is 33.1 Å². The lowest BCUT2D eigenvalue weighted by Gasteiger charge is -2.24. The number of phenols is 1. The van der Waals surface area contributed by atoms with Crippen LogP contribution in [0.1, 0.15) is 30.5 Å². The number of aryl methyl sites for hydroxylation is 2. The van der Waals surface area contributed by atoms with E-state index in [9.17, 15) is 10.2 Å². The van der Waals surface area contributed by atoms with Crippen LogP contribution in [-0.4, -0.2) is 16.8 Å². The van der Waals surface area contributed by atoms with Gasteiger partial charge in [-0.2, -0.15) is 0 Å². The van der Waals surface area contributed by atoms with Gasteiger partial charge in [-0.15, -0.1) is 0 Å². The molecule has 0 saturated heterocycles. The minimum atomic E-state index is -0.386. The molecule has 1 aromatic carbocycles. The lowest BCUT2D eigenvalue weighted by Crippen LogP contribution is -2.22. The van der Waals surface area contributed by atoms with E-state index in [2.05, 4.69) is 0 Å². The second kappa shape index (κ2) is 3.62. The summed E-state index contributed by atoms with van der Waals surface area (Å²) in [6.07, 6.45) is 0. The molecule has 0 atom stereocenters. The van der Waals surface area contributed by atoms with E-state index in [-0.39, 0.29) is 17.8 Å². The third-order valence-corrected chi connectivity index (χ3v) is 2.74. The molecule has 0 aliphatic rings. The third-order valence-electron chi connectivity index (χ3n) is 2.74. The van der Waals surface area contributed by atoms with Gasteiger partial charge in [-0.1, -0.05) is 19.9 Å². The van der Waals surface area contributed by atoms with Gasteiger partial charge in [0, 0.05) is 11.0 Å². The van der Waals surface area contributed by atoms with Crippen LogP contribution in [0, 0.1) is 13.8 Å². The monoisotopic (exact) mass is 194 g/mol. The second-order valence-corrected chi connectivity index (χ2v) is 4.50. The molecule has 0 fully saturated rings. The number of rotatable bonds is 2. The van der Waals surface area contributed by atoms with Crippen LogP contribution in [0.5, 0.6) is 5.75 Å². The fourth-order valence-electron chi connectivity index (χ4n) is 1.43. The predicted octanol–water partition coefficient (Wildman–Crippen LogP) is 2.28. The zero-order valence-electron chi connectivity index (χ0n) is 9.26. The minimum Gasteiger partial charge on any atom is -0.508 e. The fourth-order valence-corrected chi connectivity index (χ4v) is 1.43. The van der Waals surface area contributed by atoms with Gasteiger partial charge >= 0.3 is 0 Å². The number of hydrogen-bond acceptors (Lipinski definition) is 2. The number of aromatic hydroxyl groups is 1. The van der Waals surface area contributed by atoms with E-state index in [4.69, 9.17) is 0 Å². The van der Waals surface area contributed by atoms with Crippen molar-refractivity contribution in [3.05, 3.63) is 28.8 Å². The van der Waals surface area contributed by atoms with Crippen molar-refractivity contribution in [1.82, 2.24) is 0 Å². The predicted molar refractivity (Wildman–Crippen MR) is 57.7 cm³/mol. The Hall–Kier alpha value is -1.02. The summed E-state index contributed by atoms with van der Waals surface area (Å²) in [4.78, 5) is 0. The van der Waals surface area contributed by atoms with Gasteiger partial charge in [0.05, 0.1) is 6.61 Å². The van der Waals surface area contributed by atoms with Crippen molar-refractivity contribution in [2.75, 3.05) is 6.61 Å². The van der Waals surface area contributed by atoms with Crippen molar-refractivity contribution < 1.29 is 10.2 Å². The summed E-state index contributed by atoms with van der Waals surface area (Å²) in [5.41, 5.74) is 2.63. The van der Waals surface area contributed by atoms with Gasteiger partial charge in [0.25, 0.3) is 0 Å². The Bertz CT molecular complexity index is 340. The molecule has 2 heteroatoms. The van der Waals surface area contributed by atoms with Crippen LogP contribution in [0.15, 0.2) is 12.1 Å². The highest BCUT2D eigenvalue weighted by molar-refractivity contribution is 5.44. The minimum absolute atomic E-state index is 0.0308. The molecular formula is C12H18O2. The molecule has 1 rings (SSSR count). The Balaban J connectivity index is 3.29. The molecule has 2 N–H and O–H groups in total. The topological polar surface area (TPSA) is 40.5 Å². The summed E-state index contributed by atoms with van der Waals surface area (Å²) in [6.45, 7) is 7.83. The van der Waals surface area contributed by atoms with Crippen LogP contribution in [0.4, 0.5) is 0 Å². The van der Waals surface area contributed by atoms with Gasteiger partial charge in [-0.25, -0.2) is 0 Å². The number of aliphatic hydroxyl groups is 1. The van der Waals surface area contributed by atoms with E-state index in [0.29, 0.717) is 0 Å². The second-order valence-electron chi connectivity index (χ2n) is 4.50. The molecule has 2 nitrogen and oxygen atoms in total. The summed E-state index contributed by atoms with van der Waals surface area (Å²) in [6, 6.07) is 3.70. The highest BCUT2D eigenvalue weighted by Crippen LogP contribution is 2.32. The first-order chi connectivity index (χ1) is 6.38. The van der Waals surface area contributed by atoms with Crippen LogP contribution in [0.2, 0.25) is 0 Å². The standard InChI is InChI=1S/C12H18O2/c1-8-5-10(12(3,4)7-13)11(14)6-9(8)2/h5-6,13-14H,7H2,1-4H3. The van der Waals surface area contributed by atoms with Gasteiger partial charge in [-0.05, 0) is 31.0 Å². The van der Waals surface area contributed by atoms with Crippen molar-refractivity contribution in [1.29, 1.82) is 0 Å². The largest absolute Gasteiger partial charge is 0.508 e. The van der Waals surface area contributed by atoms with E-state index in [1.54, 1.807) is 6.07 Å². The van der Waals surface area contributed by atoms with Gasteiger partial charge in [0.15, 0.2) is 0 Å². The number of aliphatic hydroxyl groups excluding tert-OH is 1. The number of phenolic OH excluding ortho intramolecular Hbond substituents is 1. The number of hydrogen-bond donors (Lipinski definition) is 2. The Labute approximate surface area is 85.2 Å². The Kier molecular flexibility index (Phi) is 2.86. The molecule has 14 heavy (non-hydrogen) atoms. The molecule has 0 bridgehead atoms. The maximum atomic E-state index is 9.77. The van der Waals surface area contributed by atoms with Gasteiger partial charge in [-0.3, -0.25) is 0 Å². The van der Waals surface area contributed by atoms with E-state index in [1.807, 2.05) is 33.8 Å². The first-order valence-electron chi connectivity index (χ1n) is 4.80. The molecule has 0 aliphatic carbocycles. The van der Waals surface area contributed by atoms with E-state index in [0.717, 1.165) is 16.7 Å². The molecule has 0 heterocycles. The van der Waals surface area contributed by atoms with Crippen LogP contribution in [0.3, 0.4) is 0 Å². The maximum absolute atomic E-state index is 9.77. The molecular weight excluding hydrogens is 176 g/mol. The number of benzene rings is 1. The molecule has 0 amide bonds. The van der Waals surface area contributed by atoms with Crippen molar-refractivity contribution in [2.24, 2.45) is 0 Å². The van der Waals surface area contributed by atoms with Crippen molar-refractivity contribution >= 4 is 0 Å². The van der Waals surface area contributed by atoms with Gasteiger partial charge < -0.3 is 10.2 Å². The average molecular weight is 194 g/mol.